The van der Waals surface area contributed by atoms with E-state index in [4.69, 9.17) is 14.2 Å². The van der Waals surface area contributed by atoms with Crippen LogP contribution in [-0.4, -0.2) is 62.2 Å². The van der Waals surface area contributed by atoms with Crippen molar-refractivity contribution in [3.63, 3.8) is 0 Å². The number of carbonyl (C=O) groups is 2. The Morgan fingerprint density at radius 3 is 2.19 bits per heavy atom. The van der Waals surface area contributed by atoms with E-state index in [0.717, 1.165) is 34.8 Å². The summed E-state index contributed by atoms with van der Waals surface area (Å²) in [6.07, 6.45) is -9.05. The molecule has 3 aliphatic rings. The van der Waals surface area contributed by atoms with Gasteiger partial charge in [-0.1, -0.05) is 53.7 Å². The normalized spacial score (nSPS) is 23.3. The number of allylic oxidation sites excluding steroid dienone is 4. The fourth-order valence-electron chi connectivity index (χ4n) is 8.12. The highest BCUT2D eigenvalue weighted by Crippen LogP contribution is 2.51. The summed E-state index contributed by atoms with van der Waals surface area (Å²) in [5, 5.41) is 0. The van der Waals surface area contributed by atoms with Crippen molar-refractivity contribution in [2.75, 3.05) is 20.8 Å². The van der Waals surface area contributed by atoms with Gasteiger partial charge >= 0.3 is 24.4 Å². The van der Waals surface area contributed by atoms with E-state index in [1.54, 1.807) is 14.0 Å². The average molecular weight is 742 g/mol. The molecule has 0 aromatic heterocycles. The molecule has 1 amide bonds. The number of carbonyl (C=O) groups excluding carboxylic acids is 2. The van der Waals surface area contributed by atoms with Crippen molar-refractivity contribution in [1.82, 2.24) is 4.90 Å². The predicted molar refractivity (Wildman–Crippen MR) is 188 cm³/mol. The first-order valence-corrected chi connectivity index (χ1v) is 17.7. The summed E-state index contributed by atoms with van der Waals surface area (Å²) in [4.78, 5) is 27.6. The van der Waals surface area contributed by atoms with Gasteiger partial charge in [0.2, 0.25) is 0 Å². The molecular weight excluding hydrogens is 688 g/mol. The largest absolute Gasteiger partial charge is 0.496 e. The molecule has 0 N–H and O–H groups in total. The van der Waals surface area contributed by atoms with Gasteiger partial charge in [0.1, 0.15) is 11.9 Å². The third-order valence-corrected chi connectivity index (χ3v) is 11.8. The van der Waals surface area contributed by atoms with E-state index >= 15 is 0 Å². The predicted octanol–water partition coefficient (Wildman–Crippen LogP) is 10.8. The lowest BCUT2D eigenvalue weighted by molar-refractivity contribution is -0.158. The van der Waals surface area contributed by atoms with Gasteiger partial charge < -0.3 is 14.2 Å². The average Bonchev–Trinajstić information content (AvgIpc) is 3.30. The van der Waals surface area contributed by atoms with E-state index in [0.29, 0.717) is 25.0 Å². The minimum absolute atomic E-state index is 0.0942. The van der Waals surface area contributed by atoms with Crippen LogP contribution < -0.4 is 4.74 Å². The summed E-state index contributed by atoms with van der Waals surface area (Å²) in [5.74, 6) is -0.974. The molecule has 1 aromatic rings. The Balaban J connectivity index is 1.72. The SMILES string of the molecule is COC(=O)C(C)(C)C(C)(C)CC(C)(C)c1ccc(OC)c(C2=C(CN3C(=O)O[C@H](C4C=C(C(F)(F)F)C=C(C(F)(F)F)C4)[C@@H]3C)CC(C)(C)CC2)c1. The van der Waals surface area contributed by atoms with E-state index in [1.165, 1.54) is 12.0 Å². The van der Waals surface area contributed by atoms with Gasteiger partial charge in [0.25, 0.3) is 0 Å². The minimum Gasteiger partial charge on any atom is -0.496 e. The number of hydrogen-bond donors (Lipinski definition) is 0. The minimum atomic E-state index is -5.00. The number of methoxy groups -OCH3 is 2. The molecule has 1 aromatic carbocycles. The van der Waals surface area contributed by atoms with Crippen LogP contribution in [0.25, 0.3) is 5.57 Å². The maximum atomic E-state index is 13.7. The molecule has 3 atom stereocenters. The van der Waals surface area contributed by atoms with Crippen LogP contribution in [0.4, 0.5) is 31.1 Å². The Hall–Kier alpha value is -3.44. The van der Waals surface area contributed by atoms with Crippen LogP contribution in [0.5, 0.6) is 5.75 Å². The van der Waals surface area contributed by atoms with E-state index in [-0.39, 0.29) is 24.0 Å². The highest BCUT2D eigenvalue weighted by atomic mass is 19.4. The monoisotopic (exact) mass is 741 g/mol. The van der Waals surface area contributed by atoms with Crippen LogP contribution in [0, 0.1) is 22.2 Å². The fraction of sp³-hybridized carbons (Fsp3) is 0.650. The third-order valence-electron chi connectivity index (χ3n) is 11.8. The van der Waals surface area contributed by atoms with Crippen molar-refractivity contribution in [3.8, 4) is 5.75 Å². The van der Waals surface area contributed by atoms with Crippen molar-refractivity contribution in [2.24, 2.45) is 22.2 Å². The molecule has 290 valence electrons. The molecule has 0 bridgehead atoms. The number of esters is 1. The zero-order valence-corrected chi connectivity index (χ0v) is 32.1. The van der Waals surface area contributed by atoms with Gasteiger partial charge in [0.05, 0.1) is 31.2 Å². The number of hydrogen-bond acceptors (Lipinski definition) is 5. The summed E-state index contributed by atoms with van der Waals surface area (Å²) in [5.41, 5.74) is -0.717. The van der Waals surface area contributed by atoms with Gasteiger partial charge in [-0.3, -0.25) is 9.69 Å². The summed E-state index contributed by atoms with van der Waals surface area (Å²) in [6, 6.07) is 5.22. The first-order chi connectivity index (χ1) is 23.6. The molecule has 6 nitrogen and oxygen atoms in total. The van der Waals surface area contributed by atoms with E-state index in [2.05, 4.69) is 47.6 Å². The molecule has 2 aliphatic carbocycles. The molecule has 1 aliphatic heterocycles. The smallest absolute Gasteiger partial charge is 0.416 e. The standard InChI is InChI=1S/C40H53F6NO5/c1-23-32(24-16-27(39(41,42)43)18-28(17-24)40(44,45)46)52-34(49)47(23)21-25-20-35(2,3)15-14-29(25)30-19-26(12-13-31(30)50-10)36(4,5)22-37(6,7)38(8,9)33(48)51-11/h12-13,16,18-19,23-24,32H,14-15,17,20-22H2,1-11H3/t23-,24?,32-/m0/s1. The molecule has 4 rings (SSSR count). The molecular formula is C40H53F6NO5. The Morgan fingerprint density at radius 2 is 1.63 bits per heavy atom. The lowest BCUT2D eigenvalue weighted by Crippen LogP contribution is -2.43. The van der Waals surface area contributed by atoms with Gasteiger partial charge in [-0.25, -0.2) is 4.79 Å². The number of amides is 1. The number of cyclic esters (lactones) is 1. The van der Waals surface area contributed by atoms with Crippen molar-refractivity contribution < 1.29 is 50.1 Å². The van der Waals surface area contributed by atoms with Gasteiger partial charge in [-0.2, -0.15) is 26.3 Å². The zero-order chi connectivity index (χ0) is 39.4. The van der Waals surface area contributed by atoms with Crippen LogP contribution in [0.15, 0.2) is 47.1 Å². The van der Waals surface area contributed by atoms with Gasteiger partial charge in [-0.15, -0.1) is 0 Å². The highest BCUT2D eigenvalue weighted by Gasteiger charge is 2.50. The van der Waals surface area contributed by atoms with Crippen molar-refractivity contribution in [1.29, 1.82) is 0 Å². The third kappa shape index (κ3) is 8.35. The highest BCUT2D eigenvalue weighted by molar-refractivity contribution is 5.78. The molecule has 1 unspecified atom stereocenters. The van der Waals surface area contributed by atoms with Crippen molar-refractivity contribution in [2.45, 2.75) is 124 Å². The molecule has 0 saturated carbocycles. The number of alkyl halides is 6. The molecule has 1 heterocycles. The number of ether oxygens (including phenoxy) is 3. The molecule has 1 saturated heterocycles. The Labute approximate surface area is 303 Å². The van der Waals surface area contributed by atoms with E-state index < -0.39 is 70.3 Å². The van der Waals surface area contributed by atoms with Crippen molar-refractivity contribution >= 4 is 17.6 Å². The van der Waals surface area contributed by atoms with Crippen molar-refractivity contribution in [3.05, 3.63) is 58.2 Å². The molecule has 1 fully saturated rings. The van der Waals surface area contributed by atoms with Crippen LogP contribution >= 0.6 is 0 Å². The fourth-order valence-corrected chi connectivity index (χ4v) is 8.12. The molecule has 52 heavy (non-hydrogen) atoms. The molecule has 0 radical (unpaired) electrons. The van der Waals surface area contributed by atoms with E-state index in [9.17, 15) is 35.9 Å². The number of benzene rings is 1. The summed E-state index contributed by atoms with van der Waals surface area (Å²) in [7, 11) is 2.97. The second-order valence-electron chi connectivity index (χ2n) is 17.3. The Kier molecular flexibility index (Phi) is 11.2. The summed E-state index contributed by atoms with van der Waals surface area (Å²) < 4.78 is 98.9. The van der Waals surface area contributed by atoms with Crippen LogP contribution in [0.1, 0.15) is 106 Å². The quantitative estimate of drug-likeness (QED) is 0.176. The maximum absolute atomic E-state index is 13.7. The number of nitrogens with zero attached hydrogens (tertiary/aromatic N) is 1. The second kappa shape index (κ2) is 14.1. The Bertz CT molecular complexity index is 1650. The lowest BCUT2D eigenvalue weighted by atomic mass is 9.60. The number of rotatable bonds is 10. The summed E-state index contributed by atoms with van der Waals surface area (Å²) >= 11 is 0. The maximum Gasteiger partial charge on any atom is 0.416 e. The number of halogens is 6. The van der Waals surface area contributed by atoms with Crippen LogP contribution in [-0.2, 0) is 19.7 Å². The van der Waals surface area contributed by atoms with Gasteiger partial charge in [0, 0.05) is 23.6 Å². The summed E-state index contributed by atoms with van der Waals surface area (Å²) in [6.45, 7) is 18.1. The van der Waals surface area contributed by atoms with Crippen LogP contribution in [0.2, 0.25) is 0 Å². The topological polar surface area (TPSA) is 65.1 Å². The van der Waals surface area contributed by atoms with Gasteiger partial charge in [-0.05, 0) is 104 Å². The Morgan fingerprint density at radius 1 is 1.00 bits per heavy atom. The lowest BCUT2D eigenvalue weighted by Gasteiger charge is -2.44. The van der Waals surface area contributed by atoms with Gasteiger partial charge in [0.15, 0.2) is 0 Å². The van der Waals surface area contributed by atoms with Crippen LogP contribution in [0.3, 0.4) is 0 Å². The second-order valence-corrected chi connectivity index (χ2v) is 17.3. The zero-order valence-electron chi connectivity index (χ0n) is 32.1. The molecule has 0 spiro atoms. The van der Waals surface area contributed by atoms with E-state index in [1.807, 2.05) is 26.0 Å². The molecule has 12 heteroatoms. The first-order valence-electron chi connectivity index (χ1n) is 17.7. The first kappa shape index (κ1) is 41.3.